The van der Waals surface area contributed by atoms with E-state index in [1.807, 2.05) is 36.4 Å². The van der Waals surface area contributed by atoms with Crippen LogP contribution in [0.3, 0.4) is 0 Å². The summed E-state index contributed by atoms with van der Waals surface area (Å²) in [5.41, 5.74) is 3.31. The molecule has 0 saturated heterocycles. The lowest BCUT2D eigenvalue weighted by Gasteiger charge is -2.14. The van der Waals surface area contributed by atoms with E-state index in [2.05, 4.69) is 5.16 Å². The SMILES string of the molecule is COc1ccc(-c2nocc2-c2cc(OC)c(OC)c(OC)c2)cc1. The molecule has 0 aliphatic heterocycles. The Morgan fingerprint density at radius 3 is 1.92 bits per heavy atom. The molecule has 0 bridgehead atoms. The minimum absolute atomic E-state index is 0.538. The van der Waals surface area contributed by atoms with Crippen LogP contribution in [0.15, 0.2) is 47.2 Å². The summed E-state index contributed by atoms with van der Waals surface area (Å²) < 4.78 is 26.6. The van der Waals surface area contributed by atoms with E-state index in [0.29, 0.717) is 17.2 Å². The number of rotatable bonds is 6. The molecule has 6 nitrogen and oxygen atoms in total. The fourth-order valence-electron chi connectivity index (χ4n) is 2.64. The third-order valence-corrected chi connectivity index (χ3v) is 3.91. The molecule has 0 aliphatic carbocycles. The van der Waals surface area contributed by atoms with Gasteiger partial charge in [0.2, 0.25) is 5.75 Å². The van der Waals surface area contributed by atoms with Crippen molar-refractivity contribution >= 4 is 0 Å². The number of hydrogen-bond acceptors (Lipinski definition) is 6. The quantitative estimate of drug-likeness (QED) is 0.674. The highest BCUT2D eigenvalue weighted by molar-refractivity contribution is 5.82. The predicted octanol–water partition coefficient (Wildman–Crippen LogP) is 4.04. The van der Waals surface area contributed by atoms with Crippen LogP contribution in [-0.4, -0.2) is 33.6 Å². The van der Waals surface area contributed by atoms with E-state index >= 15 is 0 Å². The van der Waals surface area contributed by atoms with Crippen LogP contribution in [0.4, 0.5) is 0 Å². The fourth-order valence-corrected chi connectivity index (χ4v) is 2.64. The zero-order chi connectivity index (χ0) is 17.8. The monoisotopic (exact) mass is 341 g/mol. The molecule has 0 N–H and O–H groups in total. The Kier molecular flexibility index (Phi) is 4.79. The number of nitrogens with zero attached hydrogens (tertiary/aromatic N) is 1. The van der Waals surface area contributed by atoms with Gasteiger partial charge in [0, 0.05) is 11.1 Å². The molecule has 0 atom stereocenters. The van der Waals surface area contributed by atoms with Gasteiger partial charge in [-0.15, -0.1) is 0 Å². The molecular formula is C19H19NO5. The largest absolute Gasteiger partial charge is 0.497 e. The molecular weight excluding hydrogens is 322 g/mol. The molecule has 2 aromatic carbocycles. The van der Waals surface area contributed by atoms with Crippen LogP contribution in [-0.2, 0) is 0 Å². The molecule has 130 valence electrons. The van der Waals surface area contributed by atoms with Crippen molar-refractivity contribution in [1.29, 1.82) is 0 Å². The van der Waals surface area contributed by atoms with Gasteiger partial charge in [0.25, 0.3) is 0 Å². The standard InChI is InChI=1S/C19H19NO5/c1-21-14-7-5-12(6-8-14)18-15(11-25-20-18)13-9-16(22-2)19(24-4)17(10-13)23-3/h5-11H,1-4H3. The molecule has 0 fully saturated rings. The van der Waals surface area contributed by atoms with Gasteiger partial charge in [-0.3, -0.25) is 0 Å². The van der Waals surface area contributed by atoms with Crippen LogP contribution in [0.5, 0.6) is 23.0 Å². The van der Waals surface area contributed by atoms with Crippen molar-refractivity contribution in [1.82, 2.24) is 5.16 Å². The van der Waals surface area contributed by atoms with Crippen LogP contribution in [0.1, 0.15) is 0 Å². The maximum Gasteiger partial charge on any atom is 0.203 e. The highest BCUT2D eigenvalue weighted by Crippen LogP contribution is 2.43. The molecule has 3 rings (SSSR count). The van der Waals surface area contributed by atoms with Gasteiger partial charge in [0.15, 0.2) is 11.5 Å². The Labute approximate surface area is 145 Å². The first-order chi connectivity index (χ1) is 12.2. The van der Waals surface area contributed by atoms with E-state index in [9.17, 15) is 0 Å². The summed E-state index contributed by atoms with van der Waals surface area (Å²) in [5, 5.41) is 4.14. The highest BCUT2D eigenvalue weighted by Gasteiger charge is 2.18. The van der Waals surface area contributed by atoms with Crippen LogP contribution < -0.4 is 18.9 Å². The average Bonchev–Trinajstić information content (AvgIpc) is 3.16. The number of aromatic nitrogens is 1. The van der Waals surface area contributed by atoms with Gasteiger partial charge in [-0.05, 0) is 42.0 Å². The molecule has 0 saturated carbocycles. The highest BCUT2D eigenvalue weighted by atomic mass is 16.5. The summed E-state index contributed by atoms with van der Waals surface area (Å²) in [5.74, 6) is 2.45. The molecule has 25 heavy (non-hydrogen) atoms. The minimum Gasteiger partial charge on any atom is -0.497 e. The Morgan fingerprint density at radius 1 is 0.760 bits per heavy atom. The second-order valence-corrected chi connectivity index (χ2v) is 5.22. The van der Waals surface area contributed by atoms with Crippen molar-refractivity contribution in [3.05, 3.63) is 42.7 Å². The molecule has 0 aliphatic rings. The van der Waals surface area contributed by atoms with Crippen LogP contribution >= 0.6 is 0 Å². The van der Waals surface area contributed by atoms with Crippen molar-refractivity contribution in [3.63, 3.8) is 0 Å². The van der Waals surface area contributed by atoms with Crippen LogP contribution in [0, 0.1) is 0 Å². The van der Waals surface area contributed by atoms with E-state index in [4.69, 9.17) is 23.5 Å². The minimum atomic E-state index is 0.538. The maximum atomic E-state index is 5.42. The number of methoxy groups -OCH3 is 4. The van der Waals surface area contributed by atoms with Gasteiger partial charge in [0.05, 0.1) is 28.4 Å². The zero-order valence-corrected chi connectivity index (χ0v) is 14.5. The third kappa shape index (κ3) is 3.10. The average molecular weight is 341 g/mol. The van der Waals surface area contributed by atoms with Crippen molar-refractivity contribution in [2.45, 2.75) is 0 Å². The maximum absolute atomic E-state index is 5.42. The van der Waals surface area contributed by atoms with E-state index in [1.54, 1.807) is 34.7 Å². The molecule has 0 radical (unpaired) electrons. The normalized spacial score (nSPS) is 10.4. The lowest BCUT2D eigenvalue weighted by Crippen LogP contribution is -1.96. The topological polar surface area (TPSA) is 63.0 Å². The first kappa shape index (κ1) is 16.7. The number of ether oxygens (including phenoxy) is 4. The molecule has 1 heterocycles. The second kappa shape index (κ2) is 7.17. The Balaban J connectivity index is 2.10. The fraction of sp³-hybridized carbons (Fsp3) is 0.211. The summed E-state index contributed by atoms with van der Waals surface area (Å²) in [7, 11) is 6.37. The zero-order valence-electron chi connectivity index (χ0n) is 14.5. The molecule has 0 amide bonds. The Morgan fingerprint density at radius 2 is 1.40 bits per heavy atom. The van der Waals surface area contributed by atoms with Gasteiger partial charge in [-0.2, -0.15) is 0 Å². The lowest BCUT2D eigenvalue weighted by molar-refractivity contribution is 0.324. The van der Waals surface area contributed by atoms with E-state index in [0.717, 1.165) is 28.1 Å². The van der Waals surface area contributed by atoms with Crippen LogP contribution in [0.2, 0.25) is 0 Å². The number of benzene rings is 2. The first-order valence-electron chi connectivity index (χ1n) is 7.61. The van der Waals surface area contributed by atoms with Crippen molar-refractivity contribution in [3.8, 4) is 45.4 Å². The molecule has 6 heteroatoms. The molecule has 0 spiro atoms. The number of hydrogen-bond donors (Lipinski definition) is 0. The van der Waals surface area contributed by atoms with Gasteiger partial charge in [-0.1, -0.05) is 5.16 Å². The molecule has 0 unspecified atom stereocenters. The van der Waals surface area contributed by atoms with Gasteiger partial charge >= 0.3 is 0 Å². The summed E-state index contributed by atoms with van der Waals surface area (Å²) in [6.07, 6.45) is 1.60. The summed E-state index contributed by atoms with van der Waals surface area (Å²) in [4.78, 5) is 0. The van der Waals surface area contributed by atoms with Crippen LogP contribution in [0.25, 0.3) is 22.4 Å². The summed E-state index contributed by atoms with van der Waals surface area (Å²) in [6.45, 7) is 0. The van der Waals surface area contributed by atoms with E-state index < -0.39 is 0 Å². The second-order valence-electron chi connectivity index (χ2n) is 5.22. The van der Waals surface area contributed by atoms with Gasteiger partial charge < -0.3 is 23.5 Å². The predicted molar refractivity (Wildman–Crippen MR) is 93.6 cm³/mol. The lowest BCUT2D eigenvalue weighted by atomic mass is 10.0. The summed E-state index contributed by atoms with van der Waals surface area (Å²) >= 11 is 0. The molecule has 3 aromatic rings. The Hall–Kier alpha value is -3.15. The van der Waals surface area contributed by atoms with Crippen molar-refractivity contribution in [2.75, 3.05) is 28.4 Å². The van der Waals surface area contributed by atoms with Crippen molar-refractivity contribution < 1.29 is 23.5 Å². The van der Waals surface area contributed by atoms with Crippen molar-refractivity contribution in [2.24, 2.45) is 0 Å². The third-order valence-electron chi connectivity index (χ3n) is 3.91. The Bertz CT molecular complexity index is 830. The molecule has 1 aromatic heterocycles. The first-order valence-corrected chi connectivity index (χ1v) is 7.61. The van der Waals surface area contributed by atoms with E-state index in [1.165, 1.54) is 0 Å². The van der Waals surface area contributed by atoms with Gasteiger partial charge in [0.1, 0.15) is 17.7 Å². The summed E-state index contributed by atoms with van der Waals surface area (Å²) in [6, 6.07) is 11.3. The van der Waals surface area contributed by atoms with E-state index in [-0.39, 0.29) is 0 Å². The smallest absolute Gasteiger partial charge is 0.203 e. The van der Waals surface area contributed by atoms with Gasteiger partial charge in [-0.25, -0.2) is 0 Å².